The number of rotatable bonds is 6. The Labute approximate surface area is 140 Å². The molecule has 1 atom stereocenters. The predicted molar refractivity (Wildman–Crippen MR) is 92.8 cm³/mol. The smallest absolute Gasteiger partial charge is 0.411 e. The number of carbonyl (C=O) groups excluding carboxylic acids is 1. The van der Waals surface area contributed by atoms with Crippen LogP contribution in [0.4, 0.5) is 10.5 Å². The van der Waals surface area contributed by atoms with E-state index in [1.807, 2.05) is 48.5 Å². The zero-order valence-electron chi connectivity index (χ0n) is 13.4. The molecule has 24 heavy (non-hydrogen) atoms. The third-order valence-corrected chi connectivity index (χ3v) is 3.39. The van der Waals surface area contributed by atoms with Crippen LogP contribution in [0.25, 0.3) is 11.1 Å². The van der Waals surface area contributed by atoms with Crippen molar-refractivity contribution in [2.75, 3.05) is 5.32 Å². The van der Waals surface area contributed by atoms with Gasteiger partial charge in [-0.1, -0.05) is 55.1 Å². The molecule has 124 valence electrons. The van der Waals surface area contributed by atoms with Crippen molar-refractivity contribution in [3.8, 4) is 11.1 Å². The van der Waals surface area contributed by atoms with Gasteiger partial charge in [0.15, 0.2) is 0 Å². The Morgan fingerprint density at radius 1 is 1.12 bits per heavy atom. The highest BCUT2D eigenvalue weighted by Crippen LogP contribution is 2.27. The summed E-state index contributed by atoms with van der Waals surface area (Å²) in [6.07, 6.45) is -1.15. The van der Waals surface area contributed by atoms with Gasteiger partial charge in [-0.15, -0.1) is 0 Å². The second kappa shape index (κ2) is 7.97. The quantitative estimate of drug-likeness (QED) is 0.776. The van der Waals surface area contributed by atoms with Gasteiger partial charge in [0.25, 0.3) is 0 Å². The standard InChI is InChI=1S/C19H19NO4/c1-13(18(21)22)12-14(2)24-19(23)20-17-11-7-6-10-16(17)15-8-4-3-5-9-15/h3-11,14H,1,12H2,2H3,(H,20,23)(H,21,22). The van der Waals surface area contributed by atoms with Gasteiger partial charge in [-0.25, -0.2) is 9.59 Å². The van der Waals surface area contributed by atoms with Crippen molar-refractivity contribution < 1.29 is 19.4 Å². The Hall–Kier alpha value is -3.08. The molecule has 0 saturated heterocycles. The van der Waals surface area contributed by atoms with Crippen LogP contribution in [-0.2, 0) is 9.53 Å². The number of hydrogen-bond donors (Lipinski definition) is 2. The van der Waals surface area contributed by atoms with Crippen LogP contribution in [-0.4, -0.2) is 23.3 Å². The molecule has 0 radical (unpaired) electrons. The maximum Gasteiger partial charge on any atom is 0.411 e. The second-order valence-electron chi connectivity index (χ2n) is 5.37. The third kappa shape index (κ3) is 4.71. The Morgan fingerprint density at radius 2 is 1.75 bits per heavy atom. The number of para-hydroxylation sites is 1. The van der Waals surface area contributed by atoms with Gasteiger partial charge in [-0.05, 0) is 18.6 Å². The van der Waals surface area contributed by atoms with E-state index in [1.165, 1.54) is 0 Å². The Morgan fingerprint density at radius 3 is 2.42 bits per heavy atom. The van der Waals surface area contributed by atoms with Gasteiger partial charge < -0.3 is 9.84 Å². The van der Waals surface area contributed by atoms with Gasteiger partial charge in [-0.3, -0.25) is 5.32 Å². The maximum absolute atomic E-state index is 12.0. The fourth-order valence-electron chi connectivity index (χ4n) is 2.26. The molecule has 0 spiro atoms. The lowest BCUT2D eigenvalue weighted by atomic mass is 10.0. The fourth-order valence-corrected chi connectivity index (χ4v) is 2.26. The zero-order chi connectivity index (χ0) is 17.5. The number of carboxylic acid groups (broad SMARTS) is 1. The molecule has 0 saturated carbocycles. The number of anilines is 1. The summed E-state index contributed by atoms with van der Waals surface area (Å²) >= 11 is 0. The first kappa shape index (κ1) is 17.3. The summed E-state index contributed by atoms with van der Waals surface area (Å²) in [5, 5.41) is 11.5. The van der Waals surface area contributed by atoms with Crippen molar-refractivity contribution in [2.45, 2.75) is 19.4 Å². The van der Waals surface area contributed by atoms with Crippen LogP contribution in [0.2, 0.25) is 0 Å². The van der Waals surface area contributed by atoms with Crippen LogP contribution >= 0.6 is 0 Å². The number of amides is 1. The average Bonchev–Trinajstić information content (AvgIpc) is 2.55. The van der Waals surface area contributed by atoms with E-state index in [0.29, 0.717) is 5.69 Å². The van der Waals surface area contributed by atoms with E-state index in [9.17, 15) is 9.59 Å². The lowest BCUT2D eigenvalue weighted by molar-refractivity contribution is -0.133. The normalized spacial score (nSPS) is 11.4. The van der Waals surface area contributed by atoms with Gasteiger partial charge in [0, 0.05) is 17.6 Å². The predicted octanol–water partition coefficient (Wildman–Crippen LogP) is 4.32. The minimum absolute atomic E-state index is 0.0000132. The number of aliphatic carboxylic acids is 1. The summed E-state index contributed by atoms with van der Waals surface area (Å²) in [6.45, 7) is 5.05. The average molecular weight is 325 g/mol. The van der Waals surface area contributed by atoms with Crippen molar-refractivity contribution in [3.05, 3.63) is 66.7 Å². The van der Waals surface area contributed by atoms with E-state index in [0.717, 1.165) is 11.1 Å². The molecule has 0 aromatic heterocycles. The molecule has 1 unspecified atom stereocenters. The largest absolute Gasteiger partial charge is 0.478 e. The summed E-state index contributed by atoms with van der Waals surface area (Å²) in [4.78, 5) is 22.8. The fraction of sp³-hybridized carbons (Fsp3) is 0.158. The number of hydrogen-bond acceptors (Lipinski definition) is 3. The van der Waals surface area contributed by atoms with Crippen LogP contribution < -0.4 is 5.32 Å². The molecule has 0 aliphatic carbocycles. The number of nitrogens with one attached hydrogen (secondary N) is 1. The number of ether oxygens (including phenoxy) is 1. The highest BCUT2D eigenvalue weighted by Gasteiger charge is 2.15. The highest BCUT2D eigenvalue weighted by molar-refractivity contribution is 5.91. The number of carboxylic acids is 1. The van der Waals surface area contributed by atoms with Crippen molar-refractivity contribution in [1.29, 1.82) is 0 Å². The van der Waals surface area contributed by atoms with Crippen LogP contribution in [0.15, 0.2) is 66.7 Å². The minimum atomic E-state index is -1.10. The highest BCUT2D eigenvalue weighted by atomic mass is 16.6. The minimum Gasteiger partial charge on any atom is -0.478 e. The number of benzene rings is 2. The van der Waals surface area contributed by atoms with Crippen molar-refractivity contribution in [3.63, 3.8) is 0 Å². The first-order chi connectivity index (χ1) is 11.5. The van der Waals surface area contributed by atoms with E-state index in [2.05, 4.69) is 11.9 Å². The molecule has 0 bridgehead atoms. The molecule has 5 heteroatoms. The van der Waals surface area contributed by atoms with E-state index < -0.39 is 18.2 Å². The lowest BCUT2D eigenvalue weighted by Crippen LogP contribution is -2.21. The SMILES string of the molecule is C=C(CC(C)OC(=O)Nc1ccccc1-c1ccccc1)C(=O)O. The summed E-state index contributed by atoms with van der Waals surface area (Å²) < 4.78 is 5.19. The zero-order valence-corrected chi connectivity index (χ0v) is 13.4. The van der Waals surface area contributed by atoms with Crippen LogP contribution in [0.5, 0.6) is 0 Å². The Bertz CT molecular complexity index is 740. The van der Waals surface area contributed by atoms with E-state index in [1.54, 1.807) is 13.0 Å². The molecule has 2 aromatic carbocycles. The first-order valence-corrected chi connectivity index (χ1v) is 7.50. The van der Waals surface area contributed by atoms with Crippen LogP contribution in [0, 0.1) is 0 Å². The first-order valence-electron chi connectivity index (χ1n) is 7.50. The molecular weight excluding hydrogens is 306 g/mol. The van der Waals surface area contributed by atoms with Gasteiger partial charge in [0.05, 0.1) is 5.69 Å². The van der Waals surface area contributed by atoms with Gasteiger partial charge in [0.1, 0.15) is 6.10 Å². The van der Waals surface area contributed by atoms with Crippen molar-refractivity contribution in [2.24, 2.45) is 0 Å². The van der Waals surface area contributed by atoms with Gasteiger partial charge >= 0.3 is 12.1 Å². The van der Waals surface area contributed by atoms with Crippen LogP contribution in [0.1, 0.15) is 13.3 Å². The summed E-state index contributed by atoms with van der Waals surface area (Å²) in [7, 11) is 0. The molecule has 2 N–H and O–H groups in total. The third-order valence-electron chi connectivity index (χ3n) is 3.39. The maximum atomic E-state index is 12.0. The summed E-state index contributed by atoms with van der Waals surface area (Å²) in [5.74, 6) is -1.10. The van der Waals surface area contributed by atoms with Gasteiger partial charge in [0.2, 0.25) is 0 Å². The summed E-state index contributed by atoms with van der Waals surface area (Å²) in [5.41, 5.74) is 2.47. The van der Waals surface area contributed by atoms with Crippen molar-refractivity contribution >= 4 is 17.7 Å². The Balaban J connectivity index is 2.05. The summed E-state index contributed by atoms with van der Waals surface area (Å²) in [6, 6.07) is 17.1. The second-order valence-corrected chi connectivity index (χ2v) is 5.37. The molecule has 5 nitrogen and oxygen atoms in total. The molecular formula is C19H19NO4. The van der Waals surface area contributed by atoms with E-state index in [-0.39, 0.29) is 12.0 Å². The molecule has 1 amide bonds. The molecule has 2 rings (SSSR count). The topological polar surface area (TPSA) is 75.6 Å². The molecule has 2 aromatic rings. The van der Waals surface area contributed by atoms with Gasteiger partial charge in [-0.2, -0.15) is 0 Å². The van der Waals surface area contributed by atoms with E-state index >= 15 is 0 Å². The van der Waals surface area contributed by atoms with Crippen molar-refractivity contribution in [1.82, 2.24) is 0 Å². The number of carbonyl (C=O) groups is 2. The Kier molecular flexibility index (Phi) is 5.73. The lowest BCUT2D eigenvalue weighted by Gasteiger charge is -2.15. The van der Waals surface area contributed by atoms with Crippen LogP contribution in [0.3, 0.4) is 0 Å². The molecule has 0 aliphatic heterocycles. The monoisotopic (exact) mass is 325 g/mol. The van der Waals surface area contributed by atoms with E-state index in [4.69, 9.17) is 9.84 Å². The molecule has 0 heterocycles. The molecule has 0 fully saturated rings. The molecule has 0 aliphatic rings.